The number of benzene rings is 1. The average molecular weight is 283 g/mol. The van der Waals surface area contributed by atoms with E-state index in [1.165, 1.54) is 7.11 Å². The lowest BCUT2D eigenvalue weighted by atomic mass is 10.0. The number of rotatable bonds is 4. The largest absolute Gasteiger partial charge is 0.497 e. The second-order valence-electron chi connectivity index (χ2n) is 4.51. The third-order valence-corrected chi connectivity index (χ3v) is 3.17. The van der Waals surface area contributed by atoms with Gasteiger partial charge in [0.05, 0.1) is 19.8 Å². The number of carbonyl (C=O) groups is 1. The first kappa shape index (κ1) is 14.8. The Morgan fingerprint density at radius 3 is 2.48 bits per heavy atom. The van der Waals surface area contributed by atoms with E-state index in [0.717, 1.165) is 22.4 Å². The number of ether oxygens (including phenoxy) is 2. The lowest BCUT2D eigenvalue weighted by Gasteiger charge is -2.06. The van der Waals surface area contributed by atoms with Crippen molar-refractivity contribution in [3.63, 3.8) is 0 Å². The minimum atomic E-state index is -0.369. The normalized spacial score (nSPS) is 11.1. The molecule has 21 heavy (non-hydrogen) atoms. The fraction of sp³-hybridized carbons (Fsp3) is 0.176. The molecular formula is C17H17NO3. The van der Waals surface area contributed by atoms with Crippen molar-refractivity contribution in [1.82, 2.24) is 4.98 Å². The van der Waals surface area contributed by atoms with Crippen LogP contribution in [0.3, 0.4) is 0 Å². The molecule has 1 aromatic carbocycles. The standard InChI is InChI=1S/C17H17NO3/c1-12(13-4-6-15(20-2)7-5-13)10-14-11-18-9-8-16(14)17(19)21-3/h4-11H,1-3H3. The molecule has 0 radical (unpaired) electrons. The van der Waals surface area contributed by atoms with E-state index in [0.29, 0.717) is 5.56 Å². The highest BCUT2D eigenvalue weighted by atomic mass is 16.5. The lowest BCUT2D eigenvalue weighted by molar-refractivity contribution is 0.0600. The summed E-state index contributed by atoms with van der Waals surface area (Å²) in [6.45, 7) is 1.98. The van der Waals surface area contributed by atoms with E-state index in [-0.39, 0.29) is 5.97 Å². The highest BCUT2D eigenvalue weighted by Crippen LogP contribution is 2.22. The van der Waals surface area contributed by atoms with Gasteiger partial charge in [0.15, 0.2) is 0 Å². The zero-order valence-corrected chi connectivity index (χ0v) is 12.3. The number of hydrogen-bond donors (Lipinski definition) is 0. The smallest absolute Gasteiger partial charge is 0.338 e. The molecule has 2 rings (SSSR count). The van der Waals surface area contributed by atoms with Crippen molar-refractivity contribution < 1.29 is 14.3 Å². The van der Waals surface area contributed by atoms with Crippen LogP contribution in [0, 0.1) is 0 Å². The summed E-state index contributed by atoms with van der Waals surface area (Å²) in [6, 6.07) is 9.39. The van der Waals surface area contributed by atoms with Crippen LogP contribution >= 0.6 is 0 Å². The molecule has 0 saturated carbocycles. The molecule has 4 nitrogen and oxygen atoms in total. The first-order valence-electron chi connectivity index (χ1n) is 6.50. The Kier molecular flexibility index (Phi) is 4.72. The Morgan fingerprint density at radius 2 is 1.86 bits per heavy atom. The minimum Gasteiger partial charge on any atom is -0.497 e. The average Bonchev–Trinajstić information content (AvgIpc) is 2.54. The van der Waals surface area contributed by atoms with Gasteiger partial charge in [0.1, 0.15) is 5.75 Å². The second kappa shape index (κ2) is 6.70. The summed E-state index contributed by atoms with van der Waals surface area (Å²) < 4.78 is 9.92. The van der Waals surface area contributed by atoms with Crippen molar-refractivity contribution in [3.8, 4) is 5.75 Å². The lowest BCUT2D eigenvalue weighted by Crippen LogP contribution is -2.04. The molecule has 108 valence electrons. The van der Waals surface area contributed by atoms with Crippen molar-refractivity contribution in [3.05, 3.63) is 59.4 Å². The third-order valence-electron chi connectivity index (χ3n) is 3.17. The van der Waals surface area contributed by atoms with Gasteiger partial charge in [-0.3, -0.25) is 4.98 Å². The maximum atomic E-state index is 11.7. The fourth-order valence-corrected chi connectivity index (χ4v) is 1.99. The van der Waals surface area contributed by atoms with Gasteiger partial charge >= 0.3 is 5.97 Å². The van der Waals surface area contributed by atoms with E-state index in [9.17, 15) is 4.79 Å². The Bertz CT molecular complexity index is 660. The van der Waals surface area contributed by atoms with Crippen LogP contribution in [0.25, 0.3) is 11.6 Å². The Balaban J connectivity index is 2.36. The molecule has 0 N–H and O–H groups in total. The highest BCUT2D eigenvalue weighted by Gasteiger charge is 2.10. The second-order valence-corrected chi connectivity index (χ2v) is 4.51. The predicted molar refractivity (Wildman–Crippen MR) is 82.1 cm³/mol. The molecular weight excluding hydrogens is 266 g/mol. The Labute approximate surface area is 124 Å². The first-order chi connectivity index (χ1) is 10.2. The monoisotopic (exact) mass is 283 g/mol. The predicted octanol–water partition coefficient (Wildman–Crippen LogP) is 3.44. The van der Waals surface area contributed by atoms with Crippen molar-refractivity contribution >= 4 is 17.6 Å². The molecule has 1 aromatic heterocycles. The van der Waals surface area contributed by atoms with Gasteiger partial charge < -0.3 is 9.47 Å². The van der Waals surface area contributed by atoms with E-state index >= 15 is 0 Å². The first-order valence-corrected chi connectivity index (χ1v) is 6.50. The molecule has 0 atom stereocenters. The molecule has 0 fully saturated rings. The van der Waals surface area contributed by atoms with Crippen molar-refractivity contribution in [2.24, 2.45) is 0 Å². The van der Waals surface area contributed by atoms with Gasteiger partial charge in [0, 0.05) is 18.0 Å². The van der Waals surface area contributed by atoms with Gasteiger partial charge in [-0.05, 0) is 42.3 Å². The van der Waals surface area contributed by atoms with Crippen LogP contribution in [0.2, 0.25) is 0 Å². The molecule has 0 aliphatic heterocycles. The van der Waals surface area contributed by atoms with Crippen LogP contribution in [0.15, 0.2) is 42.7 Å². The van der Waals surface area contributed by atoms with Crippen molar-refractivity contribution in [2.75, 3.05) is 14.2 Å². The summed E-state index contributed by atoms with van der Waals surface area (Å²) in [5.41, 5.74) is 3.31. The number of esters is 1. The summed E-state index contributed by atoms with van der Waals surface area (Å²) in [7, 11) is 3.00. The van der Waals surface area contributed by atoms with Crippen LogP contribution in [0.4, 0.5) is 0 Å². The number of allylic oxidation sites excluding steroid dienone is 1. The maximum Gasteiger partial charge on any atom is 0.338 e. The molecule has 0 bridgehead atoms. The molecule has 2 aromatic rings. The number of aromatic nitrogens is 1. The maximum absolute atomic E-state index is 11.7. The SMILES string of the molecule is COC(=O)c1ccncc1C=C(C)c1ccc(OC)cc1. The van der Waals surface area contributed by atoms with Crippen molar-refractivity contribution in [1.29, 1.82) is 0 Å². The summed E-state index contributed by atoms with van der Waals surface area (Å²) >= 11 is 0. The summed E-state index contributed by atoms with van der Waals surface area (Å²) in [6.07, 6.45) is 5.15. The molecule has 1 heterocycles. The minimum absolute atomic E-state index is 0.369. The number of carbonyl (C=O) groups excluding carboxylic acids is 1. The van der Waals surface area contributed by atoms with E-state index in [1.54, 1.807) is 25.6 Å². The molecule has 0 saturated heterocycles. The van der Waals surface area contributed by atoms with E-state index < -0.39 is 0 Å². The Hall–Kier alpha value is -2.62. The summed E-state index contributed by atoms with van der Waals surface area (Å²) in [5.74, 6) is 0.439. The number of hydrogen-bond acceptors (Lipinski definition) is 4. The van der Waals surface area contributed by atoms with Crippen LogP contribution in [0.1, 0.15) is 28.4 Å². The van der Waals surface area contributed by atoms with Crippen LogP contribution in [-0.2, 0) is 4.74 Å². The van der Waals surface area contributed by atoms with Crippen LogP contribution in [-0.4, -0.2) is 25.2 Å². The van der Waals surface area contributed by atoms with E-state index in [2.05, 4.69) is 4.98 Å². The molecule has 0 spiro atoms. The molecule has 0 amide bonds. The van der Waals surface area contributed by atoms with E-state index in [4.69, 9.17) is 9.47 Å². The zero-order chi connectivity index (χ0) is 15.2. The van der Waals surface area contributed by atoms with E-state index in [1.807, 2.05) is 37.3 Å². The zero-order valence-electron chi connectivity index (χ0n) is 12.3. The van der Waals surface area contributed by atoms with Gasteiger partial charge in [0.2, 0.25) is 0 Å². The quantitative estimate of drug-likeness (QED) is 0.806. The van der Waals surface area contributed by atoms with Gasteiger partial charge in [-0.15, -0.1) is 0 Å². The van der Waals surface area contributed by atoms with Gasteiger partial charge in [-0.1, -0.05) is 12.1 Å². The fourth-order valence-electron chi connectivity index (χ4n) is 1.99. The molecule has 0 aliphatic carbocycles. The topological polar surface area (TPSA) is 48.4 Å². The summed E-state index contributed by atoms with van der Waals surface area (Å²) in [4.78, 5) is 15.8. The molecule has 4 heteroatoms. The highest BCUT2D eigenvalue weighted by molar-refractivity contribution is 5.95. The summed E-state index contributed by atoms with van der Waals surface area (Å²) in [5, 5.41) is 0. The van der Waals surface area contributed by atoms with Gasteiger partial charge in [-0.25, -0.2) is 4.79 Å². The van der Waals surface area contributed by atoms with Crippen LogP contribution < -0.4 is 4.74 Å². The molecule has 0 aliphatic rings. The number of methoxy groups -OCH3 is 2. The number of nitrogens with zero attached hydrogens (tertiary/aromatic N) is 1. The van der Waals surface area contributed by atoms with Crippen molar-refractivity contribution in [2.45, 2.75) is 6.92 Å². The van der Waals surface area contributed by atoms with Crippen LogP contribution in [0.5, 0.6) is 5.75 Å². The third kappa shape index (κ3) is 3.48. The van der Waals surface area contributed by atoms with Gasteiger partial charge in [-0.2, -0.15) is 0 Å². The Morgan fingerprint density at radius 1 is 1.14 bits per heavy atom. The molecule has 0 unspecified atom stereocenters. The number of pyridine rings is 1. The van der Waals surface area contributed by atoms with Gasteiger partial charge in [0.25, 0.3) is 0 Å².